The van der Waals surface area contributed by atoms with E-state index >= 15 is 0 Å². The lowest BCUT2D eigenvalue weighted by Gasteiger charge is -2.23. The molecule has 0 saturated heterocycles. The van der Waals surface area contributed by atoms with Crippen LogP contribution in [0.15, 0.2) is 48.8 Å². The Labute approximate surface area is 182 Å². The fraction of sp³-hybridized carbons (Fsp3) is 0.261. The Hall–Kier alpha value is -3.46. The number of anilines is 3. The molecule has 1 unspecified atom stereocenters. The highest BCUT2D eigenvalue weighted by atomic mass is 19.4. The van der Waals surface area contributed by atoms with Gasteiger partial charge in [-0.25, -0.2) is 9.97 Å². The SMILES string of the molecule is CC(=O)Nc1cc(C(F)(F)F)ccc1-c1cc(Nc2cccc3c2CC(O)CC3)ncn1. The lowest BCUT2D eigenvalue weighted by Crippen LogP contribution is -2.19. The van der Waals surface area contributed by atoms with Gasteiger partial charge in [0.05, 0.1) is 23.0 Å². The first-order valence-corrected chi connectivity index (χ1v) is 10.1. The minimum atomic E-state index is -4.54. The van der Waals surface area contributed by atoms with E-state index in [-0.39, 0.29) is 5.69 Å². The second kappa shape index (κ2) is 8.58. The number of nitrogens with zero attached hydrogens (tertiary/aromatic N) is 2. The predicted molar refractivity (Wildman–Crippen MR) is 115 cm³/mol. The maximum absolute atomic E-state index is 13.1. The molecule has 1 heterocycles. The Morgan fingerprint density at radius 3 is 2.69 bits per heavy atom. The molecule has 1 aliphatic carbocycles. The third-order valence-electron chi connectivity index (χ3n) is 5.32. The molecule has 6 nitrogen and oxygen atoms in total. The van der Waals surface area contributed by atoms with Gasteiger partial charge in [-0.1, -0.05) is 18.2 Å². The van der Waals surface area contributed by atoms with Crippen LogP contribution in [0.3, 0.4) is 0 Å². The van der Waals surface area contributed by atoms with Crippen molar-refractivity contribution in [1.29, 1.82) is 0 Å². The summed E-state index contributed by atoms with van der Waals surface area (Å²) in [6.07, 6.45) is -1.61. The molecule has 1 amide bonds. The van der Waals surface area contributed by atoms with Crippen LogP contribution in [-0.2, 0) is 23.8 Å². The second-order valence-corrected chi connectivity index (χ2v) is 7.69. The van der Waals surface area contributed by atoms with E-state index in [0.717, 1.165) is 35.4 Å². The van der Waals surface area contributed by atoms with E-state index in [1.165, 1.54) is 19.3 Å². The van der Waals surface area contributed by atoms with Gasteiger partial charge < -0.3 is 15.7 Å². The Morgan fingerprint density at radius 1 is 1.12 bits per heavy atom. The molecule has 0 saturated carbocycles. The monoisotopic (exact) mass is 442 g/mol. The van der Waals surface area contributed by atoms with Gasteiger partial charge in [-0.05, 0) is 42.2 Å². The molecule has 0 fully saturated rings. The van der Waals surface area contributed by atoms with E-state index in [0.29, 0.717) is 29.9 Å². The van der Waals surface area contributed by atoms with E-state index in [1.807, 2.05) is 18.2 Å². The number of benzene rings is 2. The fourth-order valence-electron chi connectivity index (χ4n) is 3.83. The van der Waals surface area contributed by atoms with Gasteiger partial charge in [-0.2, -0.15) is 13.2 Å². The average Bonchev–Trinajstić information content (AvgIpc) is 2.73. The number of carbonyl (C=O) groups excluding carboxylic acids is 1. The minimum Gasteiger partial charge on any atom is -0.393 e. The summed E-state index contributed by atoms with van der Waals surface area (Å²) in [7, 11) is 0. The highest BCUT2D eigenvalue weighted by molar-refractivity contribution is 5.94. The smallest absolute Gasteiger partial charge is 0.393 e. The minimum absolute atomic E-state index is 0.0113. The highest BCUT2D eigenvalue weighted by Crippen LogP contribution is 2.36. The number of fused-ring (bicyclic) bond motifs is 1. The quantitative estimate of drug-likeness (QED) is 0.545. The summed E-state index contributed by atoms with van der Waals surface area (Å²) in [5.74, 6) is -0.0513. The van der Waals surface area contributed by atoms with Crippen molar-refractivity contribution in [1.82, 2.24) is 9.97 Å². The lowest BCUT2D eigenvalue weighted by molar-refractivity contribution is -0.137. The average molecular weight is 442 g/mol. The largest absolute Gasteiger partial charge is 0.416 e. The zero-order chi connectivity index (χ0) is 22.9. The van der Waals surface area contributed by atoms with Crippen LogP contribution in [0.25, 0.3) is 11.3 Å². The predicted octanol–water partition coefficient (Wildman–Crippen LogP) is 4.71. The van der Waals surface area contributed by atoms with Crippen LogP contribution in [0.2, 0.25) is 0 Å². The van der Waals surface area contributed by atoms with Gasteiger partial charge in [-0.3, -0.25) is 4.79 Å². The second-order valence-electron chi connectivity index (χ2n) is 7.69. The van der Waals surface area contributed by atoms with Crippen molar-refractivity contribution < 1.29 is 23.1 Å². The van der Waals surface area contributed by atoms with Gasteiger partial charge >= 0.3 is 6.18 Å². The summed E-state index contributed by atoms with van der Waals surface area (Å²) < 4.78 is 39.4. The molecule has 1 atom stereocenters. The van der Waals surface area contributed by atoms with Crippen molar-refractivity contribution in [2.24, 2.45) is 0 Å². The van der Waals surface area contributed by atoms with Gasteiger partial charge in [0.2, 0.25) is 5.91 Å². The molecule has 4 rings (SSSR count). The van der Waals surface area contributed by atoms with Gasteiger partial charge in [0, 0.05) is 30.7 Å². The van der Waals surface area contributed by atoms with Gasteiger partial charge in [0.1, 0.15) is 12.1 Å². The van der Waals surface area contributed by atoms with E-state index in [1.54, 1.807) is 6.07 Å². The summed E-state index contributed by atoms with van der Waals surface area (Å²) in [6.45, 7) is 1.23. The summed E-state index contributed by atoms with van der Waals surface area (Å²) in [4.78, 5) is 20.0. The topological polar surface area (TPSA) is 87.1 Å². The third kappa shape index (κ3) is 4.72. The Morgan fingerprint density at radius 2 is 1.94 bits per heavy atom. The number of hydrogen-bond acceptors (Lipinski definition) is 5. The summed E-state index contributed by atoms with van der Waals surface area (Å²) >= 11 is 0. The zero-order valence-corrected chi connectivity index (χ0v) is 17.2. The van der Waals surface area contributed by atoms with E-state index in [2.05, 4.69) is 20.6 Å². The number of amides is 1. The van der Waals surface area contributed by atoms with E-state index in [4.69, 9.17) is 0 Å². The zero-order valence-electron chi connectivity index (χ0n) is 17.2. The molecule has 0 aliphatic heterocycles. The normalized spacial score (nSPS) is 15.7. The van der Waals surface area contributed by atoms with Crippen LogP contribution in [0.5, 0.6) is 0 Å². The maximum atomic E-state index is 13.1. The molecule has 0 bridgehead atoms. The Balaban J connectivity index is 1.69. The first kappa shape index (κ1) is 21.8. The van der Waals surface area contributed by atoms with Gasteiger partial charge in [0.25, 0.3) is 0 Å². The van der Waals surface area contributed by atoms with Crippen molar-refractivity contribution in [3.63, 3.8) is 0 Å². The lowest BCUT2D eigenvalue weighted by atomic mass is 9.88. The molecule has 0 spiro atoms. The molecule has 1 aromatic heterocycles. The number of aromatic nitrogens is 2. The van der Waals surface area contributed by atoms with Crippen molar-refractivity contribution in [2.45, 2.75) is 38.5 Å². The summed E-state index contributed by atoms with van der Waals surface area (Å²) in [6, 6.07) is 10.6. The summed E-state index contributed by atoms with van der Waals surface area (Å²) in [5, 5.41) is 15.7. The number of carbonyl (C=O) groups is 1. The van der Waals surface area contributed by atoms with Crippen molar-refractivity contribution in [3.8, 4) is 11.3 Å². The standard InChI is InChI=1S/C23H21F3N4O2/c1-13(31)29-21-9-15(23(24,25)26)6-8-17(21)20-11-22(28-12-27-20)30-19-4-2-3-14-5-7-16(32)10-18(14)19/h2-4,6,8-9,11-12,16,32H,5,7,10H2,1H3,(H,29,31)(H,27,28,30). The number of aryl methyl sites for hydroxylation is 1. The maximum Gasteiger partial charge on any atom is 0.416 e. The molecule has 166 valence electrons. The van der Waals surface area contributed by atoms with Crippen LogP contribution in [0.4, 0.5) is 30.4 Å². The molecular formula is C23H21F3N4O2. The van der Waals surface area contributed by atoms with Crippen LogP contribution < -0.4 is 10.6 Å². The number of rotatable bonds is 4. The molecular weight excluding hydrogens is 421 g/mol. The number of aliphatic hydroxyl groups is 1. The van der Waals surface area contributed by atoms with Crippen LogP contribution in [0.1, 0.15) is 30.0 Å². The number of alkyl halides is 3. The molecule has 0 radical (unpaired) electrons. The molecule has 3 N–H and O–H groups in total. The van der Waals surface area contributed by atoms with Crippen molar-refractivity contribution in [2.75, 3.05) is 10.6 Å². The highest BCUT2D eigenvalue weighted by Gasteiger charge is 2.31. The van der Waals surface area contributed by atoms with Crippen LogP contribution >= 0.6 is 0 Å². The van der Waals surface area contributed by atoms with Crippen LogP contribution in [0, 0.1) is 0 Å². The molecule has 9 heteroatoms. The number of hydrogen-bond donors (Lipinski definition) is 3. The molecule has 3 aromatic rings. The third-order valence-corrected chi connectivity index (χ3v) is 5.32. The molecule has 1 aliphatic rings. The van der Waals surface area contributed by atoms with E-state index < -0.39 is 23.8 Å². The van der Waals surface area contributed by atoms with Crippen molar-refractivity contribution in [3.05, 3.63) is 65.5 Å². The van der Waals surface area contributed by atoms with Crippen molar-refractivity contribution >= 4 is 23.1 Å². The first-order valence-electron chi connectivity index (χ1n) is 10.1. The number of aliphatic hydroxyl groups excluding tert-OH is 1. The van der Waals surface area contributed by atoms with Crippen LogP contribution in [-0.4, -0.2) is 27.1 Å². The van der Waals surface area contributed by atoms with Gasteiger partial charge in [0.15, 0.2) is 0 Å². The number of nitrogens with one attached hydrogen (secondary N) is 2. The Kier molecular flexibility index (Phi) is 5.84. The fourth-order valence-corrected chi connectivity index (χ4v) is 3.83. The number of halogens is 3. The first-order chi connectivity index (χ1) is 15.2. The summed E-state index contributed by atoms with van der Waals surface area (Å²) in [5.41, 5.74) is 2.81. The Bertz CT molecular complexity index is 1160. The van der Waals surface area contributed by atoms with Gasteiger partial charge in [-0.15, -0.1) is 0 Å². The molecule has 2 aromatic carbocycles. The van der Waals surface area contributed by atoms with E-state index in [9.17, 15) is 23.1 Å². The molecule has 32 heavy (non-hydrogen) atoms.